The van der Waals surface area contributed by atoms with E-state index in [2.05, 4.69) is 4.74 Å². The molecule has 0 aliphatic rings. The Morgan fingerprint density at radius 3 is 2.27 bits per heavy atom. The van der Waals surface area contributed by atoms with Crippen molar-refractivity contribution < 1.29 is 19.0 Å². The summed E-state index contributed by atoms with van der Waals surface area (Å²) in [5.41, 5.74) is 1.20. The Morgan fingerprint density at radius 1 is 1.13 bits per heavy atom. The van der Waals surface area contributed by atoms with Crippen LogP contribution in [0.1, 0.15) is 15.9 Å². The third-order valence-corrected chi connectivity index (χ3v) is 2.09. The van der Waals surface area contributed by atoms with Gasteiger partial charge in [0.25, 0.3) is 0 Å². The predicted molar refractivity (Wildman–Crippen MR) is 55.6 cm³/mol. The molecule has 0 N–H and O–H groups in total. The summed E-state index contributed by atoms with van der Waals surface area (Å²) in [7, 11) is 4.39. The average molecular weight is 210 g/mol. The molecule has 1 aromatic rings. The van der Waals surface area contributed by atoms with E-state index in [1.807, 2.05) is 6.92 Å². The topological polar surface area (TPSA) is 44.8 Å². The van der Waals surface area contributed by atoms with E-state index in [1.54, 1.807) is 19.2 Å². The van der Waals surface area contributed by atoms with Crippen molar-refractivity contribution >= 4 is 5.97 Å². The number of methoxy groups -OCH3 is 3. The molecule has 0 saturated carbocycles. The Labute approximate surface area is 88.8 Å². The van der Waals surface area contributed by atoms with Gasteiger partial charge in [0, 0.05) is 0 Å². The lowest BCUT2D eigenvalue weighted by atomic mass is 10.1. The number of carbonyl (C=O) groups is 1. The van der Waals surface area contributed by atoms with Gasteiger partial charge in [-0.05, 0) is 24.6 Å². The summed E-state index contributed by atoms with van der Waals surface area (Å²) in [6, 6.07) is 3.39. The summed E-state index contributed by atoms with van der Waals surface area (Å²) < 4.78 is 14.9. The van der Waals surface area contributed by atoms with Crippen molar-refractivity contribution in [3.63, 3.8) is 0 Å². The second kappa shape index (κ2) is 4.68. The molecule has 0 aromatic heterocycles. The molecule has 0 unspecified atom stereocenters. The Hall–Kier alpha value is -1.71. The van der Waals surface area contributed by atoms with Crippen molar-refractivity contribution in [3.8, 4) is 11.5 Å². The lowest BCUT2D eigenvalue weighted by Gasteiger charge is -2.11. The van der Waals surface area contributed by atoms with Crippen LogP contribution >= 0.6 is 0 Å². The van der Waals surface area contributed by atoms with E-state index >= 15 is 0 Å². The smallest absolute Gasteiger partial charge is 0.341 e. The van der Waals surface area contributed by atoms with Crippen LogP contribution in [0.5, 0.6) is 11.5 Å². The number of esters is 1. The van der Waals surface area contributed by atoms with Crippen LogP contribution in [-0.2, 0) is 4.74 Å². The molecule has 0 atom stereocenters. The number of hydrogen-bond acceptors (Lipinski definition) is 4. The van der Waals surface area contributed by atoms with Gasteiger partial charge in [0.2, 0.25) is 0 Å². The Kier molecular flexibility index (Phi) is 3.55. The molecule has 15 heavy (non-hydrogen) atoms. The maximum atomic E-state index is 11.5. The van der Waals surface area contributed by atoms with Crippen LogP contribution in [0.25, 0.3) is 0 Å². The van der Waals surface area contributed by atoms with Crippen molar-refractivity contribution in [1.29, 1.82) is 0 Å². The molecule has 0 radical (unpaired) electrons. The van der Waals surface area contributed by atoms with Crippen LogP contribution in [-0.4, -0.2) is 27.3 Å². The van der Waals surface area contributed by atoms with E-state index in [-0.39, 0.29) is 0 Å². The third kappa shape index (κ3) is 2.21. The van der Waals surface area contributed by atoms with Crippen molar-refractivity contribution in [3.05, 3.63) is 23.3 Å². The van der Waals surface area contributed by atoms with Crippen LogP contribution in [0, 0.1) is 6.92 Å². The first-order valence-corrected chi connectivity index (χ1v) is 4.45. The van der Waals surface area contributed by atoms with E-state index in [9.17, 15) is 4.79 Å². The Bertz CT molecular complexity index is 371. The van der Waals surface area contributed by atoms with Gasteiger partial charge in [-0.25, -0.2) is 4.79 Å². The van der Waals surface area contributed by atoms with E-state index in [4.69, 9.17) is 9.47 Å². The summed E-state index contributed by atoms with van der Waals surface area (Å²) >= 11 is 0. The number of rotatable bonds is 3. The molecule has 4 nitrogen and oxygen atoms in total. The fourth-order valence-electron chi connectivity index (χ4n) is 1.39. The summed E-state index contributed by atoms with van der Waals surface area (Å²) in [5.74, 6) is 0.685. The summed E-state index contributed by atoms with van der Waals surface area (Å²) in [4.78, 5) is 11.5. The molecular weight excluding hydrogens is 196 g/mol. The Balaban J connectivity index is 3.32. The number of ether oxygens (including phenoxy) is 3. The van der Waals surface area contributed by atoms with Gasteiger partial charge in [-0.2, -0.15) is 0 Å². The fourth-order valence-corrected chi connectivity index (χ4v) is 1.39. The Morgan fingerprint density at radius 2 is 1.80 bits per heavy atom. The SMILES string of the molecule is COC(=O)c1cc(OC)cc(C)c1OC. The van der Waals surface area contributed by atoms with Gasteiger partial charge >= 0.3 is 5.97 Å². The van der Waals surface area contributed by atoms with E-state index < -0.39 is 5.97 Å². The predicted octanol–water partition coefficient (Wildman–Crippen LogP) is 1.80. The fraction of sp³-hybridized carbons (Fsp3) is 0.364. The zero-order chi connectivity index (χ0) is 11.4. The first-order valence-electron chi connectivity index (χ1n) is 4.45. The standard InChI is InChI=1S/C11H14O4/c1-7-5-8(13-2)6-9(10(7)14-3)11(12)15-4/h5-6H,1-4H3. The van der Waals surface area contributed by atoms with Crippen LogP contribution in [0.2, 0.25) is 0 Å². The molecule has 1 rings (SSSR count). The number of hydrogen-bond donors (Lipinski definition) is 0. The minimum Gasteiger partial charge on any atom is -0.497 e. The molecule has 82 valence electrons. The van der Waals surface area contributed by atoms with Gasteiger partial charge < -0.3 is 14.2 Å². The van der Waals surface area contributed by atoms with Crippen molar-refractivity contribution in [2.45, 2.75) is 6.92 Å². The summed E-state index contributed by atoms with van der Waals surface area (Å²) in [6.45, 7) is 1.84. The van der Waals surface area contributed by atoms with Gasteiger partial charge in [0.05, 0.1) is 21.3 Å². The summed E-state index contributed by atoms with van der Waals surface area (Å²) in [5, 5.41) is 0. The second-order valence-electron chi connectivity index (χ2n) is 3.02. The van der Waals surface area contributed by atoms with Crippen molar-refractivity contribution in [1.82, 2.24) is 0 Å². The van der Waals surface area contributed by atoms with Crippen molar-refractivity contribution in [2.75, 3.05) is 21.3 Å². The maximum absolute atomic E-state index is 11.5. The van der Waals surface area contributed by atoms with E-state index in [1.165, 1.54) is 14.2 Å². The quantitative estimate of drug-likeness (QED) is 0.713. The van der Waals surface area contributed by atoms with Crippen LogP contribution in [0.3, 0.4) is 0 Å². The van der Waals surface area contributed by atoms with Crippen LogP contribution in [0.4, 0.5) is 0 Å². The normalized spacial score (nSPS) is 9.60. The molecule has 0 amide bonds. The highest BCUT2D eigenvalue weighted by Gasteiger charge is 2.16. The number of aryl methyl sites for hydroxylation is 1. The molecule has 0 aliphatic carbocycles. The van der Waals surface area contributed by atoms with Gasteiger partial charge in [-0.1, -0.05) is 0 Å². The van der Waals surface area contributed by atoms with Crippen molar-refractivity contribution in [2.24, 2.45) is 0 Å². The maximum Gasteiger partial charge on any atom is 0.341 e. The third-order valence-electron chi connectivity index (χ3n) is 2.09. The largest absolute Gasteiger partial charge is 0.497 e. The van der Waals surface area contributed by atoms with Crippen LogP contribution in [0.15, 0.2) is 12.1 Å². The zero-order valence-electron chi connectivity index (χ0n) is 9.29. The van der Waals surface area contributed by atoms with Gasteiger partial charge in [0.15, 0.2) is 0 Å². The van der Waals surface area contributed by atoms with Gasteiger partial charge in [-0.3, -0.25) is 0 Å². The monoisotopic (exact) mass is 210 g/mol. The highest BCUT2D eigenvalue weighted by atomic mass is 16.5. The van der Waals surface area contributed by atoms with E-state index in [0.29, 0.717) is 17.1 Å². The molecule has 0 heterocycles. The molecule has 0 fully saturated rings. The minimum absolute atomic E-state index is 0.372. The molecular formula is C11H14O4. The average Bonchev–Trinajstić information content (AvgIpc) is 2.26. The lowest BCUT2D eigenvalue weighted by Crippen LogP contribution is -2.05. The number of carbonyl (C=O) groups excluding carboxylic acids is 1. The van der Waals surface area contributed by atoms with Gasteiger partial charge in [-0.15, -0.1) is 0 Å². The van der Waals surface area contributed by atoms with Crippen LogP contribution < -0.4 is 9.47 Å². The zero-order valence-corrected chi connectivity index (χ0v) is 9.29. The highest BCUT2D eigenvalue weighted by molar-refractivity contribution is 5.93. The van der Waals surface area contributed by atoms with Gasteiger partial charge in [0.1, 0.15) is 17.1 Å². The molecule has 0 spiro atoms. The molecule has 1 aromatic carbocycles. The number of benzene rings is 1. The lowest BCUT2D eigenvalue weighted by molar-refractivity contribution is 0.0596. The molecule has 0 saturated heterocycles. The first kappa shape index (κ1) is 11.4. The molecule has 4 heteroatoms. The molecule has 0 bridgehead atoms. The van der Waals surface area contributed by atoms with E-state index in [0.717, 1.165) is 5.56 Å². The highest BCUT2D eigenvalue weighted by Crippen LogP contribution is 2.29. The second-order valence-corrected chi connectivity index (χ2v) is 3.02. The first-order chi connectivity index (χ1) is 7.13. The minimum atomic E-state index is -0.436. The molecule has 0 aliphatic heterocycles. The summed E-state index contributed by atoms with van der Waals surface area (Å²) in [6.07, 6.45) is 0.